The van der Waals surface area contributed by atoms with Gasteiger partial charge in [-0.15, -0.1) is 0 Å². The smallest absolute Gasteiger partial charge is 0.378 e. The van der Waals surface area contributed by atoms with E-state index >= 15 is 51.9 Å². The lowest BCUT2D eigenvalue weighted by Gasteiger charge is -2.47. The third-order valence-corrected chi connectivity index (χ3v) is 25.7. The van der Waals surface area contributed by atoms with Gasteiger partial charge in [-0.25, -0.2) is 8.78 Å². The number of amides is 12. The second-order valence-corrected chi connectivity index (χ2v) is 32.9. The Morgan fingerprint density at radius 3 is 1.82 bits per heavy atom. The number of likely N-dealkylation sites (N-methyl/N-ethyl adjacent to an activating group) is 5. The van der Waals surface area contributed by atoms with Crippen LogP contribution in [0, 0.1) is 41.4 Å². The molecular weight excluding hydrogens is 1460 g/mol. The zero-order valence-electron chi connectivity index (χ0n) is 65.4. The number of morpholine rings is 1. The lowest BCUT2D eigenvalue weighted by Crippen LogP contribution is -2.68. The molecule has 14 atom stereocenters. The first-order chi connectivity index (χ1) is 51.9. The molecule has 3 N–H and O–H groups in total. The van der Waals surface area contributed by atoms with E-state index in [2.05, 4.69) is 16.0 Å². The third kappa shape index (κ3) is 19.6. The number of fused-ring (bicyclic) bond motifs is 4. The number of carbonyl (C=O) groups excluding carboxylic acids is 12. The second-order valence-electron chi connectivity index (χ2n) is 32.9. The molecule has 26 nitrogen and oxygen atoms in total. The van der Waals surface area contributed by atoms with Crippen LogP contribution in [0.4, 0.5) is 35.1 Å². The zero-order chi connectivity index (χ0) is 80.8. The van der Waals surface area contributed by atoms with Gasteiger partial charge in [0.15, 0.2) is 0 Å². The molecule has 0 aromatic carbocycles. The normalized spacial score (nSPS) is 33.9. The lowest BCUT2D eigenvalue weighted by molar-refractivity contribution is -0.219. The maximum absolute atomic E-state index is 15.7. The second kappa shape index (κ2) is 36.9. The number of ether oxygens (including phenoxy) is 2. The van der Waals surface area contributed by atoms with E-state index in [4.69, 9.17) is 9.47 Å². The van der Waals surface area contributed by atoms with Gasteiger partial charge in [-0.3, -0.25) is 57.5 Å². The lowest BCUT2D eigenvalue weighted by atomic mass is 9.74. The first kappa shape index (κ1) is 87.0. The van der Waals surface area contributed by atoms with Crippen molar-refractivity contribution in [3.63, 3.8) is 0 Å². The number of hydrogen-bond acceptors (Lipinski definition) is 14. The van der Waals surface area contributed by atoms with Crippen LogP contribution < -0.4 is 16.0 Å². The van der Waals surface area contributed by atoms with Crippen LogP contribution in [-0.4, -0.2) is 300 Å². The summed E-state index contributed by atoms with van der Waals surface area (Å²) in [4.78, 5) is 194. The number of alkyl halides is 8. The van der Waals surface area contributed by atoms with Gasteiger partial charge < -0.3 is 69.5 Å². The van der Waals surface area contributed by atoms with Crippen molar-refractivity contribution in [2.24, 2.45) is 41.4 Å². The first-order valence-electron chi connectivity index (χ1n) is 39.9. The van der Waals surface area contributed by atoms with Crippen molar-refractivity contribution >= 4 is 70.9 Å². The highest BCUT2D eigenvalue weighted by Crippen LogP contribution is 2.46. The molecule has 9 rings (SSSR count). The number of nitrogens with one attached hydrogen (secondary N) is 3. The molecule has 0 radical (unpaired) electrons. The summed E-state index contributed by atoms with van der Waals surface area (Å²) in [7, 11) is 6.79. The average Bonchev–Trinajstić information content (AvgIpc) is 1.15. The number of nitrogens with zero attached hydrogens (tertiary/aromatic N) is 9. The molecule has 5 saturated heterocycles. The summed E-state index contributed by atoms with van der Waals surface area (Å²) in [5.41, 5.74) is -1.69. The van der Waals surface area contributed by atoms with Crippen LogP contribution in [0.5, 0.6) is 0 Å². The van der Waals surface area contributed by atoms with Crippen LogP contribution in [0.3, 0.4) is 0 Å². The minimum atomic E-state index is -5.22. The Hall–Kier alpha value is -7.00. The average molecular weight is 1570 g/mol. The Morgan fingerprint density at radius 1 is 0.609 bits per heavy atom. The van der Waals surface area contributed by atoms with Crippen molar-refractivity contribution in [1.29, 1.82) is 0 Å². The van der Waals surface area contributed by atoms with Gasteiger partial charge in [0.05, 0.1) is 38.2 Å². The number of halogens is 8. The van der Waals surface area contributed by atoms with E-state index in [9.17, 15) is 40.7 Å². The molecule has 4 saturated carbocycles. The maximum atomic E-state index is 15.7. The van der Waals surface area contributed by atoms with Crippen molar-refractivity contribution in [2.75, 3.05) is 94.3 Å². The Balaban J connectivity index is 1.11. The molecule has 12 amide bonds. The molecule has 9 fully saturated rings. The molecule has 2 bridgehead atoms. The van der Waals surface area contributed by atoms with Crippen LogP contribution in [0.1, 0.15) is 182 Å². The van der Waals surface area contributed by atoms with Crippen molar-refractivity contribution in [3.8, 4) is 0 Å². The highest BCUT2D eigenvalue weighted by Gasteiger charge is 2.57. The van der Waals surface area contributed by atoms with Gasteiger partial charge in [-0.05, 0) is 152 Å². The molecule has 620 valence electrons. The topological polar surface area (TPSA) is 289 Å². The van der Waals surface area contributed by atoms with Crippen LogP contribution >= 0.6 is 0 Å². The van der Waals surface area contributed by atoms with Crippen LogP contribution in [0.2, 0.25) is 0 Å². The van der Waals surface area contributed by atoms with Crippen LogP contribution in [0.25, 0.3) is 0 Å². The van der Waals surface area contributed by atoms with E-state index in [-0.39, 0.29) is 136 Å². The zero-order valence-corrected chi connectivity index (χ0v) is 65.4. The molecule has 5 aliphatic heterocycles. The van der Waals surface area contributed by atoms with Gasteiger partial charge in [-0.1, -0.05) is 47.0 Å². The summed E-state index contributed by atoms with van der Waals surface area (Å²) in [6.07, 6.45) is -16.0. The van der Waals surface area contributed by atoms with Gasteiger partial charge in [0.1, 0.15) is 78.2 Å². The highest BCUT2D eigenvalue weighted by molar-refractivity contribution is 6.01. The van der Waals surface area contributed by atoms with Crippen molar-refractivity contribution in [2.45, 2.75) is 273 Å². The molecule has 9 aliphatic rings. The Morgan fingerprint density at radius 2 is 1.25 bits per heavy atom. The van der Waals surface area contributed by atoms with Gasteiger partial charge in [0, 0.05) is 81.0 Å². The molecular formula is C76H116F8N12O14. The Bertz CT molecular complexity index is 3300. The number of hydrogen-bond donors (Lipinski definition) is 3. The van der Waals surface area contributed by atoms with Crippen LogP contribution in [-0.2, 0) is 67.0 Å². The summed E-state index contributed by atoms with van der Waals surface area (Å²) in [6.45, 7) is 8.11. The summed E-state index contributed by atoms with van der Waals surface area (Å²) in [5.74, 6) is -16.7. The van der Waals surface area contributed by atoms with E-state index in [0.717, 1.165) is 19.6 Å². The van der Waals surface area contributed by atoms with Crippen molar-refractivity contribution in [3.05, 3.63) is 0 Å². The minimum Gasteiger partial charge on any atom is -0.378 e. The number of carbonyl (C=O) groups is 12. The van der Waals surface area contributed by atoms with E-state index in [1.165, 1.54) is 59.7 Å². The highest BCUT2D eigenvalue weighted by atomic mass is 19.4. The van der Waals surface area contributed by atoms with E-state index in [1.807, 2.05) is 6.92 Å². The van der Waals surface area contributed by atoms with Gasteiger partial charge in [0.2, 0.25) is 70.9 Å². The molecule has 1 spiro atoms. The standard InChI is InChI=1S/C76H116F8N12O14/c1-11-44(5)62-71(106)94-30-27-55(94)68(103)90(8)54-26-19-43(4)40-95(70(54)105)58(37-45-20-23-48(24-21-45)75(79,80)81)67(102)88(6)42-59(97)85-52(25-22-46-35-50(77)61(51(78)36-46)76(82,83)84)66(101)96-41-49(110-13-3)38-56(96)65(100)87-74(28-16-29-74)73(108)92(10)63(47-17-14-15-18-47)72(107)91(9)57(69(104)93-31-33-109-34-32-93)39-60(98)89(7)53(12-2)64(99)86-62/h43-58,61-63H,11-42H2,1-10H3,(H,85,97)(H,86,99)(H,87,100)/t43-,44+,45?,46?,48?,49-,50?,51?,52+,53+,54+,55+,56+,57+,58+,61?,62+,63+/m1/s1. The summed E-state index contributed by atoms with van der Waals surface area (Å²) in [6, 6.07) is -12.3. The van der Waals surface area contributed by atoms with Crippen molar-refractivity contribution in [1.82, 2.24) is 60.0 Å². The summed E-state index contributed by atoms with van der Waals surface area (Å²) in [5, 5.41) is 8.47. The van der Waals surface area contributed by atoms with E-state index in [1.54, 1.807) is 27.7 Å². The van der Waals surface area contributed by atoms with Crippen molar-refractivity contribution < 1.29 is 102 Å². The number of rotatable bonds is 12. The first-order valence-corrected chi connectivity index (χ1v) is 39.9. The van der Waals surface area contributed by atoms with Gasteiger partial charge in [0.25, 0.3) is 0 Å². The molecule has 5 heterocycles. The third-order valence-electron chi connectivity index (χ3n) is 25.7. The summed E-state index contributed by atoms with van der Waals surface area (Å²) >= 11 is 0. The fourth-order valence-electron chi connectivity index (χ4n) is 18.4. The molecule has 0 aromatic heterocycles. The predicted molar refractivity (Wildman–Crippen MR) is 383 cm³/mol. The fraction of sp³-hybridized carbons (Fsp3) is 0.842. The predicted octanol–water partition coefficient (Wildman–Crippen LogP) is 5.71. The molecule has 110 heavy (non-hydrogen) atoms. The fourth-order valence-corrected chi connectivity index (χ4v) is 18.4. The van der Waals surface area contributed by atoms with Gasteiger partial charge >= 0.3 is 12.4 Å². The monoisotopic (exact) mass is 1570 g/mol. The largest absolute Gasteiger partial charge is 0.397 e. The molecule has 0 aromatic rings. The quantitative estimate of drug-likeness (QED) is 0.198. The molecule has 4 aliphatic carbocycles. The Kier molecular flexibility index (Phi) is 29.1. The minimum absolute atomic E-state index is 0.00774. The van der Waals surface area contributed by atoms with Gasteiger partial charge in [-0.2, -0.15) is 26.3 Å². The Labute approximate surface area is 639 Å². The van der Waals surface area contributed by atoms with Crippen LogP contribution in [0.15, 0.2) is 0 Å². The molecule has 34 heteroatoms. The van der Waals surface area contributed by atoms with E-state index < -0.39 is 229 Å². The SMILES string of the molecule is CCO[C@@H]1C[C@H]2C(=O)NC3(CCC3)C(=O)N(C)[C@@H](C3CCCC3)C(=O)N(C)[C@H](C(=O)N3CCOCC3)CC(=O)N(C)[C@@H](CC)C(=O)N[C@@H]([C@@H](C)CC)C(=O)N3CC[C@H]3C(=O)N(C)[C@H]3CC[C@@H](C)CN(C3=O)[C@@H](CC3CCC(C(F)(F)F)CC3)C(=O)N(C)CC(=O)N[C@@H](CCC3CC(F)C(C(F)(F)F)C(F)C3)C(=O)N2C1. The summed E-state index contributed by atoms with van der Waals surface area (Å²) < 4.78 is 127. The maximum Gasteiger partial charge on any atom is 0.397 e. The van der Waals surface area contributed by atoms with E-state index in [0.29, 0.717) is 44.9 Å². The molecule has 2 unspecified atom stereocenters.